The molecule has 0 atom stereocenters. The van der Waals surface area contributed by atoms with Crippen LogP contribution in [0.3, 0.4) is 0 Å². The van der Waals surface area contributed by atoms with Gasteiger partial charge in [-0.1, -0.05) is 0 Å². The van der Waals surface area contributed by atoms with E-state index >= 15 is 0 Å². The minimum absolute atomic E-state index is 0.291. The van der Waals surface area contributed by atoms with E-state index in [2.05, 4.69) is 9.72 Å². The van der Waals surface area contributed by atoms with Crippen molar-refractivity contribution in [2.24, 2.45) is 0 Å². The molecule has 0 aliphatic rings. The minimum atomic E-state index is -0.562. The van der Waals surface area contributed by atoms with Gasteiger partial charge in [0.25, 0.3) is 0 Å². The molecule has 6 nitrogen and oxygen atoms in total. The molecule has 1 aromatic heterocycles. The summed E-state index contributed by atoms with van der Waals surface area (Å²) in [6, 6.07) is 5.23. The molecule has 0 bridgehead atoms. The van der Waals surface area contributed by atoms with Crippen molar-refractivity contribution in [2.45, 2.75) is 13.3 Å². The van der Waals surface area contributed by atoms with Crippen LogP contribution in [0.4, 0.5) is 5.69 Å². The lowest BCUT2D eigenvalue weighted by Gasteiger charge is -2.16. The van der Waals surface area contributed by atoms with Crippen LogP contribution >= 0.6 is 0 Å². The Morgan fingerprint density at radius 3 is 2.84 bits per heavy atom. The molecule has 2 rings (SSSR count). The van der Waals surface area contributed by atoms with E-state index in [-0.39, 0.29) is 12.3 Å². The predicted octanol–water partition coefficient (Wildman–Crippen LogP) is 1.66. The topological polar surface area (TPSA) is 72.6 Å². The SMILES string of the molecule is COC(=O)CC(=O)N(C)c1ccc2nc(C)oc2c1. The molecular weight excluding hydrogens is 248 g/mol. The molecular formula is C13H14N2O4. The molecule has 0 fully saturated rings. The maximum absolute atomic E-state index is 11.8. The molecule has 1 aromatic carbocycles. The number of aryl methyl sites for hydroxylation is 1. The number of aromatic nitrogens is 1. The molecule has 0 saturated heterocycles. The first-order chi connectivity index (χ1) is 9.01. The average molecular weight is 262 g/mol. The molecule has 19 heavy (non-hydrogen) atoms. The Balaban J connectivity index is 2.23. The molecule has 0 saturated carbocycles. The fraction of sp³-hybridized carbons (Fsp3) is 0.308. The Labute approximate surface area is 110 Å². The van der Waals surface area contributed by atoms with Crippen molar-refractivity contribution in [3.63, 3.8) is 0 Å². The highest BCUT2D eigenvalue weighted by atomic mass is 16.5. The van der Waals surface area contributed by atoms with Gasteiger partial charge in [-0.3, -0.25) is 9.59 Å². The van der Waals surface area contributed by atoms with Crippen molar-refractivity contribution in [3.8, 4) is 0 Å². The zero-order chi connectivity index (χ0) is 14.0. The van der Waals surface area contributed by atoms with Crippen molar-refractivity contribution in [1.29, 1.82) is 0 Å². The number of hydrogen-bond acceptors (Lipinski definition) is 5. The number of methoxy groups -OCH3 is 1. The summed E-state index contributed by atoms with van der Waals surface area (Å²) >= 11 is 0. The summed E-state index contributed by atoms with van der Waals surface area (Å²) in [7, 11) is 2.84. The number of anilines is 1. The maximum Gasteiger partial charge on any atom is 0.315 e. The van der Waals surface area contributed by atoms with Crippen LogP contribution in [-0.2, 0) is 14.3 Å². The zero-order valence-electron chi connectivity index (χ0n) is 11.0. The van der Waals surface area contributed by atoms with E-state index in [9.17, 15) is 9.59 Å². The molecule has 0 radical (unpaired) electrons. The number of ether oxygens (including phenoxy) is 1. The molecule has 0 N–H and O–H groups in total. The lowest BCUT2D eigenvalue weighted by molar-refractivity contribution is -0.143. The van der Waals surface area contributed by atoms with E-state index in [1.807, 2.05) is 0 Å². The van der Waals surface area contributed by atoms with Gasteiger partial charge in [0, 0.05) is 25.7 Å². The van der Waals surface area contributed by atoms with Crippen LogP contribution in [0.25, 0.3) is 11.1 Å². The van der Waals surface area contributed by atoms with Crippen LogP contribution in [0.5, 0.6) is 0 Å². The first-order valence-electron chi connectivity index (χ1n) is 5.72. The Morgan fingerprint density at radius 1 is 1.42 bits per heavy atom. The first kappa shape index (κ1) is 13.1. The third-order valence-electron chi connectivity index (χ3n) is 2.76. The van der Waals surface area contributed by atoms with Gasteiger partial charge >= 0.3 is 5.97 Å². The number of amides is 1. The van der Waals surface area contributed by atoms with Gasteiger partial charge in [-0.25, -0.2) is 4.98 Å². The van der Waals surface area contributed by atoms with Gasteiger partial charge in [0.05, 0.1) is 7.11 Å². The number of nitrogens with zero attached hydrogens (tertiary/aromatic N) is 2. The number of esters is 1. The van der Waals surface area contributed by atoms with E-state index in [1.165, 1.54) is 12.0 Å². The van der Waals surface area contributed by atoms with E-state index in [0.29, 0.717) is 17.2 Å². The normalized spacial score (nSPS) is 10.5. The summed E-state index contributed by atoms with van der Waals surface area (Å²) in [5.74, 6) is -0.341. The fourth-order valence-corrected chi connectivity index (χ4v) is 1.70. The van der Waals surface area contributed by atoms with Gasteiger partial charge in [-0.2, -0.15) is 0 Å². The van der Waals surface area contributed by atoms with Crippen molar-refractivity contribution < 1.29 is 18.7 Å². The molecule has 6 heteroatoms. The van der Waals surface area contributed by atoms with Gasteiger partial charge < -0.3 is 14.1 Å². The molecule has 0 spiro atoms. The van der Waals surface area contributed by atoms with E-state index in [0.717, 1.165) is 5.52 Å². The molecule has 1 amide bonds. The number of fused-ring (bicyclic) bond motifs is 1. The average Bonchev–Trinajstić information content (AvgIpc) is 2.76. The van der Waals surface area contributed by atoms with Crippen molar-refractivity contribution in [2.75, 3.05) is 19.1 Å². The highest BCUT2D eigenvalue weighted by molar-refractivity contribution is 6.03. The van der Waals surface area contributed by atoms with E-state index in [1.54, 1.807) is 32.2 Å². The van der Waals surface area contributed by atoms with Crippen molar-refractivity contribution >= 4 is 28.7 Å². The van der Waals surface area contributed by atoms with Crippen LogP contribution in [0.1, 0.15) is 12.3 Å². The predicted molar refractivity (Wildman–Crippen MR) is 68.8 cm³/mol. The van der Waals surface area contributed by atoms with Crippen LogP contribution < -0.4 is 4.90 Å². The van der Waals surface area contributed by atoms with Crippen molar-refractivity contribution in [1.82, 2.24) is 4.98 Å². The van der Waals surface area contributed by atoms with E-state index in [4.69, 9.17) is 4.42 Å². The smallest absolute Gasteiger partial charge is 0.315 e. The fourth-order valence-electron chi connectivity index (χ4n) is 1.70. The van der Waals surface area contributed by atoms with Crippen LogP contribution in [0, 0.1) is 6.92 Å². The number of oxazole rings is 1. The van der Waals surface area contributed by atoms with Gasteiger partial charge in [-0.05, 0) is 12.1 Å². The summed E-state index contributed by atoms with van der Waals surface area (Å²) in [4.78, 5) is 28.5. The third-order valence-corrected chi connectivity index (χ3v) is 2.76. The van der Waals surface area contributed by atoms with Crippen LogP contribution in [0.15, 0.2) is 22.6 Å². The molecule has 1 heterocycles. The van der Waals surface area contributed by atoms with E-state index < -0.39 is 5.97 Å². The number of carbonyl (C=O) groups is 2. The lowest BCUT2D eigenvalue weighted by Crippen LogP contribution is -2.28. The monoisotopic (exact) mass is 262 g/mol. The first-order valence-corrected chi connectivity index (χ1v) is 5.72. The second kappa shape index (κ2) is 5.09. The number of rotatable bonds is 3. The Morgan fingerprint density at radius 2 is 2.16 bits per heavy atom. The van der Waals surface area contributed by atoms with Crippen LogP contribution in [-0.4, -0.2) is 31.0 Å². The summed E-state index contributed by atoms with van der Waals surface area (Å²) in [5.41, 5.74) is 1.97. The van der Waals surface area contributed by atoms with Crippen molar-refractivity contribution in [3.05, 3.63) is 24.1 Å². The van der Waals surface area contributed by atoms with Gasteiger partial charge in [0.1, 0.15) is 11.9 Å². The second-order valence-electron chi connectivity index (χ2n) is 4.09. The summed E-state index contributed by atoms with van der Waals surface area (Å²) < 4.78 is 9.87. The number of hydrogen-bond donors (Lipinski definition) is 0. The summed E-state index contributed by atoms with van der Waals surface area (Å²) in [5, 5.41) is 0. The van der Waals surface area contributed by atoms with Gasteiger partial charge in [0.2, 0.25) is 5.91 Å². The summed E-state index contributed by atoms with van der Waals surface area (Å²) in [6.45, 7) is 1.76. The van der Waals surface area contributed by atoms with Gasteiger partial charge in [-0.15, -0.1) is 0 Å². The maximum atomic E-state index is 11.8. The minimum Gasteiger partial charge on any atom is -0.469 e. The molecule has 0 aliphatic carbocycles. The number of carbonyl (C=O) groups excluding carboxylic acids is 2. The van der Waals surface area contributed by atoms with Gasteiger partial charge in [0.15, 0.2) is 11.5 Å². The highest BCUT2D eigenvalue weighted by Crippen LogP contribution is 2.22. The summed E-state index contributed by atoms with van der Waals surface area (Å²) in [6.07, 6.45) is -0.291. The lowest BCUT2D eigenvalue weighted by atomic mass is 10.2. The third kappa shape index (κ3) is 2.73. The van der Waals surface area contributed by atoms with Crippen LogP contribution in [0.2, 0.25) is 0 Å². The molecule has 0 aliphatic heterocycles. The standard InChI is InChI=1S/C13H14N2O4/c1-8-14-10-5-4-9(6-11(10)19-8)15(2)12(16)7-13(17)18-3/h4-6H,7H2,1-3H3. The molecule has 0 unspecified atom stereocenters. The largest absolute Gasteiger partial charge is 0.469 e. The zero-order valence-corrected chi connectivity index (χ0v) is 11.0. The number of benzene rings is 1. The highest BCUT2D eigenvalue weighted by Gasteiger charge is 2.16. The molecule has 2 aromatic rings. The quantitative estimate of drug-likeness (QED) is 0.621. The second-order valence-corrected chi connectivity index (χ2v) is 4.09. The molecule has 100 valence electrons. The Hall–Kier alpha value is -2.37. The Kier molecular flexibility index (Phi) is 3.50. The Bertz CT molecular complexity index is 633.